The number of nitrogens with zero attached hydrogens (tertiary/aromatic N) is 1. The Hall–Kier alpha value is -5.08. The van der Waals surface area contributed by atoms with Gasteiger partial charge >= 0.3 is 5.97 Å². The monoisotopic (exact) mass is 499 g/mol. The molecule has 0 saturated heterocycles. The van der Waals surface area contributed by atoms with Crippen LogP contribution in [0.4, 0.5) is 0 Å². The van der Waals surface area contributed by atoms with Crippen LogP contribution in [0.5, 0.6) is 11.5 Å². The average Bonchev–Trinajstić information content (AvgIpc) is 2.98. The number of hydrogen-bond donors (Lipinski definition) is 0. The smallest absolute Gasteiger partial charge is 0.342 e. The van der Waals surface area contributed by atoms with Crippen LogP contribution >= 0.6 is 0 Å². The van der Waals surface area contributed by atoms with Crippen molar-refractivity contribution in [3.8, 4) is 28.7 Å². The minimum atomic E-state index is -0.431. The Morgan fingerprint density at radius 1 is 0.684 bits per heavy atom. The lowest BCUT2D eigenvalue weighted by Crippen LogP contribution is -2.13. The molecule has 38 heavy (non-hydrogen) atoms. The number of nitriles is 1. The Morgan fingerprint density at radius 2 is 1.34 bits per heavy atom. The summed E-state index contributed by atoms with van der Waals surface area (Å²) < 4.78 is 17.5. The molecule has 0 heterocycles. The van der Waals surface area contributed by atoms with Gasteiger partial charge in [-0.15, -0.1) is 0 Å². The highest BCUT2D eigenvalue weighted by Crippen LogP contribution is 2.29. The summed E-state index contributed by atoms with van der Waals surface area (Å²) in [5.41, 5.74) is 4.02. The molecule has 186 valence electrons. The van der Waals surface area contributed by atoms with Crippen LogP contribution in [0.15, 0.2) is 115 Å². The van der Waals surface area contributed by atoms with E-state index in [1.54, 1.807) is 18.2 Å². The molecule has 0 saturated carbocycles. The minimum absolute atomic E-state index is 0.184. The molecule has 0 N–H and O–H groups in total. The molecule has 0 aliphatic rings. The largest absolute Gasteiger partial charge is 0.490 e. The fourth-order valence-electron chi connectivity index (χ4n) is 4.17. The van der Waals surface area contributed by atoms with Gasteiger partial charge in [0.25, 0.3) is 0 Å². The quantitative estimate of drug-likeness (QED) is 0.159. The Labute approximate surface area is 221 Å². The molecule has 5 heteroatoms. The van der Waals surface area contributed by atoms with Gasteiger partial charge in [0.15, 0.2) is 0 Å². The number of fused-ring (bicyclic) bond motifs is 1. The van der Waals surface area contributed by atoms with Crippen LogP contribution in [0.1, 0.15) is 21.5 Å². The van der Waals surface area contributed by atoms with E-state index in [9.17, 15) is 4.79 Å². The van der Waals surface area contributed by atoms with E-state index in [4.69, 9.17) is 19.5 Å². The van der Waals surface area contributed by atoms with E-state index in [1.165, 1.54) is 0 Å². The molecule has 5 aromatic rings. The van der Waals surface area contributed by atoms with Gasteiger partial charge in [-0.3, -0.25) is 0 Å². The zero-order valence-electron chi connectivity index (χ0n) is 20.7. The van der Waals surface area contributed by atoms with E-state index >= 15 is 0 Å². The number of hydrogen-bond acceptors (Lipinski definition) is 5. The maximum Gasteiger partial charge on any atom is 0.342 e. The number of rotatable bonds is 9. The molecule has 0 radical (unpaired) electrons. The maximum atomic E-state index is 13.1. The highest BCUT2D eigenvalue weighted by Gasteiger charge is 2.18. The summed E-state index contributed by atoms with van der Waals surface area (Å²) in [5.74, 6) is 0.744. The summed E-state index contributed by atoms with van der Waals surface area (Å²) in [7, 11) is 0. The molecule has 0 fully saturated rings. The van der Waals surface area contributed by atoms with Crippen molar-refractivity contribution in [2.45, 2.75) is 6.61 Å². The van der Waals surface area contributed by atoms with Crippen LogP contribution in [0.3, 0.4) is 0 Å². The summed E-state index contributed by atoms with van der Waals surface area (Å²) in [6.45, 7) is 0.750. The number of esters is 1. The van der Waals surface area contributed by atoms with Crippen molar-refractivity contribution in [2.75, 3.05) is 13.2 Å². The molecule has 0 aromatic heterocycles. The lowest BCUT2D eigenvalue weighted by atomic mass is 10.0. The number of carbonyl (C=O) groups is 1. The van der Waals surface area contributed by atoms with Crippen LogP contribution in [-0.2, 0) is 11.3 Å². The third-order valence-corrected chi connectivity index (χ3v) is 6.12. The number of ether oxygens (including phenoxy) is 3. The molecular formula is C33H25NO4. The lowest BCUT2D eigenvalue weighted by Gasteiger charge is -2.14. The maximum absolute atomic E-state index is 13.1. The first-order chi connectivity index (χ1) is 18.7. The highest BCUT2D eigenvalue weighted by molar-refractivity contribution is 6.07. The zero-order chi connectivity index (χ0) is 26.2. The van der Waals surface area contributed by atoms with Gasteiger partial charge in [-0.1, -0.05) is 84.9 Å². The number of carbonyl (C=O) groups excluding carboxylic acids is 1. The van der Waals surface area contributed by atoms with Gasteiger partial charge < -0.3 is 14.2 Å². The Balaban J connectivity index is 1.23. The lowest BCUT2D eigenvalue weighted by molar-refractivity contribution is 0.0470. The molecular weight excluding hydrogens is 474 g/mol. The van der Waals surface area contributed by atoms with Gasteiger partial charge in [-0.2, -0.15) is 5.26 Å². The second-order valence-electron chi connectivity index (χ2n) is 8.63. The normalized spacial score (nSPS) is 10.5. The molecule has 5 nitrogen and oxygen atoms in total. The predicted molar refractivity (Wildman–Crippen MR) is 147 cm³/mol. The topological polar surface area (TPSA) is 68.5 Å². The SMILES string of the molecule is N#Cc1ccc(-c2ccc(OCCOc3ccc4ccccc4c3C(=O)OCc3ccccc3)cc2)cc1. The van der Waals surface area contributed by atoms with Crippen LogP contribution in [0.2, 0.25) is 0 Å². The van der Waals surface area contributed by atoms with Crippen LogP contribution < -0.4 is 9.47 Å². The van der Waals surface area contributed by atoms with Crippen LogP contribution in [0.25, 0.3) is 21.9 Å². The summed E-state index contributed by atoms with van der Waals surface area (Å²) in [5, 5.41) is 10.7. The first kappa shape index (κ1) is 24.6. The van der Waals surface area contributed by atoms with Crippen molar-refractivity contribution >= 4 is 16.7 Å². The van der Waals surface area contributed by atoms with E-state index in [-0.39, 0.29) is 13.2 Å². The van der Waals surface area contributed by atoms with Gasteiger partial charge in [-0.25, -0.2) is 4.79 Å². The second kappa shape index (κ2) is 11.8. The van der Waals surface area contributed by atoms with E-state index in [0.29, 0.717) is 29.2 Å². The first-order valence-electron chi connectivity index (χ1n) is 12.3. The van der Waals surface area contributed by atoms with Gasteiger partial charge in [0, 0.05) is 0 Å². The van der Waals surface area contributed by atoms with Crippen molar-refractivity contribution in [1.82, 2.24) is 0 Å². The molecule has 0 spiro atoms. The molecule has 0 aliphatic heterocycles. The van der Waals surface area contributed by atoms with E-state index in [2.05, 4.69) is 6.07 Å². The zero-order valence-corrected chi connectivity index (χ0v) is 20.7. The van der Waals surface area contributed by atoms with Gasteiger partial charge in [0.1, 0.15) is 36.9 Å². The molecule has 5 aromatic carbocycles. The Bertz CT molecular complexity index is 1570. The third-order valence-electron chi connectivity index (χ3n) is 6.12. The van der Waals surface area contributed by atoms with E-state index < -0.39 is 5.97 Å². The molecule has 0 bridgehead atoms. The van der Waals surface area contributed by atoms with Crippen molar-refractivity contribution in [3.05, 3.63) is 132 Å². The summed E-state index contributed by atoms with van der Waals surface area (Å²) in [6, 6.07) is 38.3. The third kappa shape index (κ3) is 5.83. The Kier molecular flexibility index (Phi) is 7.62. The first-order valence-corrected chi connectivity index (χ1v) is 12.3. The minimum Gasteiger partial charge on any atom is -0.490 e. The van der Waals surface area contributed by atoms with Crippen molar-refractivity contribution < 1.29 is 19.0 Å². The van der Waals surface area contributed by atoms with Crippen molar-refractivity contribution in [1.29, 1.82) is 5.26 Å². The molecule has 0 aliphatic carbocycles. The fraction of sp³-hybridized carbons (Fsp3) is 0.0909. The van der Waals surface area contributed by atoms with Gasteiger partial charge in [0.05, 0.1) is 11.6 Å². The summed E-state index contributed by atoms with van der Waals surface area (Å²) in [4.78, 5) is 13.1. The molecule has 0 amide bonds. The molecule has 0 atom stereocenters. The molecule has 0 unspecified atom stereocenters. The summed E-state index contributed by atoms with van der Waals surface area (Å²) >= 11 is 0. The summed E-state index contributed by atoms with van der Waals surface area (Å²) in [6.07, 6.45) is 0. The van der Waals surface area contributed by atoms with E-state index in [0.717, 1.165) is 27.5 Å². The fourth-order valence-corrected chi connectivity index (χ4v) is 4.17. The van der Waals surface area contributed by atoms with Crippen molar-refractivity contribution in [2.24, 2.45) is 0 Å². The average molecular weight is 500 g/mol. The van der Waals surface area contributed by atoms with Crippen LogP contribution in [-0.4, -0.2) is 19.2 Å². The highest BCUT2D eigenvalue weighted by atomic mass is 16.5. The van der Waals surface area contributed by atoms with Crippen LogP contribution in [0, 0.1) is 11.3 Å². The molecule has 5 rings (SSSR count). The Morgan fingerprint density at radius 3 is 2.08 bits per heavy atom. The number of benzene rings is 5. The van der Waals surface area contributed by atoms with Gasteiger partial charge in [0.2, 0.25) is 0 Å². The van der Waals surface area contributed by atoms with Crippen molar-refractivity contribution in [3.63, 3.8) is 0 Å². The second-order valence-corrected chi connectivity index (χ2v) is 8.63. The van der Waals surface area contributed by atoms with E-state index in [1.807, 2.05) is 97.1 Å². The van der Waals surface area contributed by atoms with Gasteiger partial charge in [-0.05, 0) is 57.8 Å². The predicted octanol–water partition coefficient (Wildman–Crippen LogP) is 7.19. The standard InChI is InChI=1S/C33H25NO4/c34-22-24-10-12-26(13-11-24)27-14-17-29(18-15-27)36-20-21-37-31-19-16-28-8-4-5-9-30(28)32(31)33(35)38-23-25-6-2-1-3-7-25/h1-19H,20-21,23H2.